The third-order valence-corrected chi connectivity index (χ3v) is 4.99. The molecule has 0 saturated carbocycles. The molecule has 3 aromatic rings. The summed E-state index contributed by atoms with van der Waals surface area (Å²) < 4.78 is 18.6. The average molecular weight is 380 g/mol. The molecule has 7 heteroatoms. The van der Waals surface area contributed by atoms with Gasteiger partial charge in [-0.25, -0.2) is 14.4 Å². The van der Waals surface area contributed by atoms with Crippen LogP contribution in [-0.4, -0.2) is 32.5 Å². The first kappa shape index (κ1) is 18.3. The molecule has 144 valence electrons. The number of hydrogen-bond donors (Lipinski definition) is 0. The van der Waals surface area contributed by atoms with Gasteiger partial charge in [-0.2, -0.15) is 0 Å². The first-order valence-corrected chi connectivity index (χ1v) is 9.32. The van der Waals surface area contributed by atoms with Gasteiger partial charge in [0.25, 0.3) is 0 Å². The monoisotopic (exact) mass is 380 g/mol. The minimum atomic E-state index is -0.307. The molecule has 28 heavy (non-hydrogen) atoms. The van der Waals surface area contributed by atoms with Crippen LogP contribution < -0.4 is 0 Å². The minimum absolute atomic E-state index is 0.00470. The molecule has 0 radical (unpaired) electrons. The van der Waals surface area contributed by atoms with E-state index < -0.39 is 0 Å². The summed E-state index contributed by atoms with van der Waals surface area (Å²) in [5.74, 6) is 0.946. The normalized spacial score (nSPS) is 16.5. The third-order valence-electron chi connectivity index (χ3n) is 4.99. The lowest BCUT2D eigenvalue weighted by molar-refractivity contribution is -0.131. The predicted molar refractivity (Wildman–Crippen MR) is 101 cm³/mol. The maximum Gasteiger partial charge on any atom is 0.227 e. The van der Waals surface area contributed by atoms with E-state index in [0.29, 0.717) is 18.1 Å². The highest BCUT2D eigenvalue weighted by atomic mass is 19.1. The topological polar surface area (TPSA) is 72.1 Å². The predicted octanol–water partition coefficient (Wildman–Crippen LogP) is 3.79. The summed E-state index contributed by atoms with van der Waals surface area (Å²) in [5.41, 5.74) is 3.12. The van der Waals surface area contributed by atoms with E-state index in [0.717, 1.165) is 35.4 Å². The second kappa shape index (κ2) is 7.50. The SMILES string of the molecule is Cc1cc(-c2cnc(C)nc2C2CCCN2C(=O)Cc2ccc(F)cc2)on1. The van der Waals surface area contributed by atoms with Gasteiger partial charge in [0.15, 0.2) is 5.76 Å². The van der Waals surface area contributed by atoms with E-state index in [1.165, 1.54) is 12.1 Å². The Kier molecular flexibility index (Phi) is 4.90. The van der Waals surface area contributed by atoms with E-state index in [1.807, 2.05) is 24.8 Å². The molecule has 2 aromatic heterocycles. The van der Waals surface area contributed by atoms with Crippen LogP contribution in [0.1, 0.15) is 41.7 Å². The van der Waals surface area contributed by atoms with Crippen molar-refractivity contribution < 1.29 is 13.7 Å². The maximum absolute atomic E-state index is 13.1. The lowest BCUT2D eigenvalue weighted by atomic mass is 10.0. The summed E-state index contributed by atoms with van der Waals surface area (Å²) in [5, 5.41) is 3.96. The second-order valence-electron chi connectivity index (χ2n) is 7.10. The molecular weight excluding hydrogens is 359 g/mol. The van der Waals surface area contributed by atoms with Crippen LogP contribution in [0.4, 0.5) is 4.39 Å². The van der Waals surface area contributed by atoms with Crippen LogP contribution in [0, 0.1) is 19.7 Å². The molecule has 1 atom stereocenters. The van der Waals surface area contributed by atoms with E-state index in [1.54, 1.807) is 18.3 Å². The average Bonchev–Trinajstić information content (AvgIpc) is 3.32. The summed E-state index contributed by atoms with van der Waals surface area (Å²) in [6, 6.07) is 7.75. The Bertz CT molecular complexity index is 1000. The first-order valence-electron chi connectivity index (χ1n) is 9.32. The fourth-order valence-corrected chi connectivity index (χ4v) is 3.65. The van der Waals surface area contributed by atoms with Crippen LogP contribution in [-0.2, 0) is 11.2 Å². The number of aromatic nitrogens is 3. The summed E-state index contributed by atoms with van der Waals surface area (Å²) in [4.78, 5) is 23.8. The van der Waals surface area contributed by atoms with Crippen LogP contribution >= 0.6 is 0 Å². The zero-order valence-corrected chi connectivity index (χ0v) is 15.9. The molecule has 1 aliphatic rings. The smallest absolute Gasteiger partial charge is 0.227 e. The van der Waals surface area contributed by atoms with Crippen molar-refractivity contribution >= 4 is 5.91 Å². The van der Waals surface area contributed by atoms with Gasteiger partial charge in [0.05, 0.1) is 29.4 Å². The number of carbonyl (C=O) groups is 1. The van der Waals surface area contributed by atoms with Crippen molar-refractivity contribution in [3.05, 3.63) is 65.1 Å². The molecule has 0 aliphatic carbocycles. The van der Waals surface area contributed by atoms with Crippen molar-refractivity contribution in [2.75, 3.05) is 6.54 Å². The number of halogens is 1. The van der Waals surface area contributed by atoms with Gasteiger partial charge in [0.2, 0.25) is 5.91 Å². The Morgan fingerprint density at radius 3 is 2.79 bits per heavy atom. The fraction of sp³-hybridized carbons (Fsp3) is 0.333. The van der Waals surface area contributed by atoms with E-state index in [9.17, 15) is 9.18 Å². The summed E-state index contributed by atoms with van der Waals surface area (Å²) in [7, 11) is 0. The molecule has 0 N–H and O–H groups in total. The largest absolute Gasteiger partial charge is 0.356 e. The number of aryl methyl sites for hydroxylation is 2. The quantitative estimate of drug-likeness (QED) is 0.689. The number of nitrogens with zero attached hydrogens (tertiary/aromatic N) is 4. The van der Waals surface area contributed by atoms with Crippen molar-refractivity contribution in [1.82, 2.24) is 20.0 Å². The molecular formula is C21H21FN4O2. The molecule has 1 unspecified atom stereocenters. The Morgan fingerprint density at radius 1 is 1.29 bits per heavy atom. The van der Waals surface area contributed by atoms with Gasteiger partial charge >= 0.3 is 0 Å². The zero-order valence-electron chi connectivity index (χ0n) is 15.9. The molecule has 3 heterocycles. The molecule has 0 spiro atoms. The molecule has 1 amide bonds. The highest BCUT2D eigenvalue weighted by Crippen LogP contribution is 2.37. The number of amides is 1. The van der Waals surface area contributed by atoms with Crippen molar-refractivity contribution in [3.63, 3.8) is 0 Å². The van der Waals surface area contributed by atoms with Crippen molar-refractivity contribution in [2.24, 2.45) is 0 Å². The summed E-state index contributed by atoms with van der Waals surface area (Å²) in [6.45, 7) is 4.36. The highest BCUT2D eigenvalue weighted by Gasteiger charge is 2.33. The highest BCUT2D eigenvalue weighted by molar-refractivity contribution is 5.80. The van der Waals surface area contributed by atoms with Gasteiger partial charge in [-0.15, -0.1) is 0 Å². The summed E-state index contributed by atoms with van der Waals surface area (Å²) >= 11 is 0. The van der Waals surface area contributed by atoms with Crippen molar-refractivity contribution in [2.45, 2.75) is 39.2 Å². The lowest BCUT2D eigenvalue weighted by Crippen LogP contribution is -2.32. The second-order valence-corrected chi connectivity index (χ2v) is 7.10. The van der Waals surface area contributed by atoms with E-state index in [4.69, 9.17) is 4.52 Å². The number of likely N-dealkylation sites (tertiary alicyclic amines) is 1. The van der Waals surface area contributed by atoms with E-state index >= 15 is 0 Å². The Labute approximate surface area is 162 Å². The number of carbonyl (C=O) groups excluding carboxylic acids is 1. The molecule has 1 aromatic carbocycles. The Hall–Kier alpha value is -3.09. The van der Waals surface area contributed by atoms with Gasteiger partial charge in [-0.05, 0) is 44.4 Å². The van der Waals surface area contributed by atoms with Gasteiger partial charge < -0.3 is 9.42 Å². The molecule has 6 nitrogen and oxygen atoms in total. The van der Waals surface area contributed by atoms with Crippen LogP contribution in [0.3, 0.4) is 0 Å². The Morgan fingerprint density at radius 2 is 2.07 bits per heavy atom. The molecule has 1 saturated heterocycles. The van der Waals surface area contributed by atoms with Gasteiger partial charge in [-0.1, -0.05) is 17.3 Å². The Balaban J connectivity index is 1.63. The fourth-order valence-electron chi connectivity index (χ4n) is 3.65. The van der Waals surface area contributed by atoms with E-state index in [2.05, 4.69) is 15.1 Å². The third kappa shape index (κ3) is 3.65. The molecule has 4 rings (SSSR count). The molecule has 1 aliphatic heterocycles. The van der Waals surface area contributed by atoms with Crippen LogP contribution in [0.15, 0.2) is 41.1 Å². The first-order chi connectivity index (χ1) is 13.5. The minimum Gasteiger partial charge on any atom is -0.356 e. The standard InChI is InChI=1S/C21H21FN4O2/c1-13-10-19(28-25-13)17-12-23-14(2)24-21(17)18-4-3-9-26(18)20(27)11-15-5-7-16(22)8-6-15/h5-8,10,12,18H,3-4,9,11H2,1-2H3. The van der Waals surface area contributed by atoms with Gasteiger partial charge in [-0.3, -0.25) is 4.79 Å². The van der Waals surface area contributed by atoms with Crippen LogP contribution in [0.5, 0.6) is 0 Å². The van der Waals surface area contributed by atoms with E-state index in [-0.39, 0.29) is 24.2 Å². The van der Waals surface area contributed by atoms with Crippen molar-refractivity contribution in [1.29, 1.82) is 0 Å². The van der Waals surface area contributed by atoms with Gasteiger partial charge in [0, 0.05) is 18.8 Å². The maximum atomic E-state index is 13.1. The summed E-state index contributed by atoms with van der Waals surface area (Å²) in [6.07, 6.45) is 3.69. The zero-order chi connectivity index (χ0) is 19.7. The molecule has 1 fully saturated rings. The number of rotatable bonds is 4. The lowest BCUT2D eigenvalue weighted by Gasteiger charge is -2.25. The molecule has 0 bridgehead atoms. The van der Waals surface area contributed by atoms with Crippen LogP contribution in [0.2, 0.25) is 0 Å². The number of benzene rings is 1. The number of hydrogen-bond acceptors (Lipinski definition) is 5. The van der Waals surface area contributed by atoms with Crippen LogP contribution in [0.25, 0.3) is 11.3 Å². The van der Waals surface area contributed by atoms with Crippen molar-refractivity contribution in [3.8, 4) is 11.3 Å². The van der Waals surface area contributed by atoms with Gasteiger partial charge in [0.1, 0.15) is 11.6 Å².